The van der Waals surface area contributed by atoms with Crippen LogP contribution >= 0.6 is 0 Å². The fraction of sp³-hybridized carbons (Fsp3) is 0.667. The van der Waals surface area contributed by atoms with Crippen LogP contribution in [0.1, 0.15) is 36.0 Å². The Kier molecular flexibility index (Phi) is 3.78. The first-order chi connectivity index (χ1) is 8.20. The summed E-state index contributed by atoms with van der Waals surface area (Å²) in [5.74, 6) is 0.626. The Morgan fingerprint density at radius 2 is 2.53 bits per heavy atom. The Bertz CT molecular complexity index is 383. The monoisotopic (exact) mass is 237 g/mol. The average Bonchev–Trinajstić information content (AvgIpc) is 2.96. The lowest BCUT2D eigenvalue weighted by atomic mass is 10.2. The molecule has 0 spiro atoms. The van der Waals surface area contributed by atoms with Crippen molar-refractivity contribution in [3.63, 3.8) is 0 Å². The highest BCUT2D eigenvalue weighted by atomic mass is 16.5. The first-order valence-corrected chi connectivity index (χ1v) is 6.16. The minimum Gasteiger partial charge on any atom is -0.361 e. The molecular weight excluding hydrogens is 218 g/mol. The SMILES string of the molecule is CCN(CC1CCCN1)C(=O)c1cc(C)on1. The van der Waals surface area contributed by atoms with Gasteiger partial charge in [-0.05, 0) is 33.2 Å². The summed E-state index contributed by atoms with van der Waals surface area (Å²) < 4.78 is 4.94. The summed E-state index contributed by atoms with van der Waals surface area (Å²) >= 11 is 0. The van der Waals surface area contributed by atoms with E-state index in [9.17, 15) is 4.79 Å². The zero-order chi connectivity index (χ0) is 12.3. The summed E-state index contributed by atoms with van der Waals surface area (Å²) in [5, 5.41) is 7.17. The summed E-state index contributed by atoms with van der Waals surface area (Å²) in [6.07, 6.45) is 2.33. The zero-order valence-electron chi connectivity index (χ0n) is 10.4. The Hall–Kier alpha value is -1.36. The molecule has 5 nitrogen and oxygen atoms in total. The fourth-order valence-electron chi connectivity index (χ4n) is 2.16. The van der Waals surface area contributed by atoms with Gasteiger partial charge >= 0.3 is 0 Å². The molecule has 1 unspecified atom stereocenters. The normalized spacial score (nSPS) is 19.5. The molecule has 94 valence electrons. The highest BCUT2D eigenvalue weighted by Gasteiger charge is 2.23. The highest BCUT2D eigenvalue weighted by Crippen LogP contribution is 2.10. The molecule has 0 saturated carbocycles. The van der Waals surface area contributed by atoms with Crippen molar-refractivity contribution in [3.05, 3.63) is 17.5 Å². The van der Waals surface area contributed by atoms with E-state index in [1.54, 1.807) is 13.0 Å². The van der Waals surface area contributed by atoms with Crippen molar-refractivity contribution in [2.24, 2.45) is 0 Å². The lowest BCUT2D eigenvalue weighted by Crippen LogP contribution is -2.41. The number of carbonyl (C=O) groups is 1. The van der Waals surface area contributed by atoms with Crippen LogP contribution in [0.15, 0.2) is 10.6 Å². The number of amides is 1. The summed E-state index contributed by atoms with van der Waals surface area (Å²) in [4.78, 5) is 14.0. The largest absolute Gasteiger partial charge is 0.361 e. The minimum absolute atomic E-state index is 0.0435. The van der Waals surface area contributed by atoms with E-state index in [-0.39, 0.29) is 5.91 Å². The summed E-state index contributed by atoms with van der Waals surface area (Å²) in [6, 6.07) is 2.11. The molecular formula is C12H19N3O2. The van der Waals surface area contributed by atoms with Crippen molar-refractivity contribution >= 4 is 5.91 Å². The molecule has 1 amide bonds. The smallest absolute Gasteiger partial charge is 0.276 e. The van der Waals surface area contributed by atoms with E-state index in [2.05, 4.69) is 10.5 Å². The predicted molar refractivity (Wildman–Crippen MR) is 63.8 cm³/mol. The van der Waals surface area contributed by atoms with Crippen molar-refractivity contribution in [2.45, 2.75) is 32.7 Å². The third kappa shape index (κ3) is 2.85. The van der Waals surface area contributed by atoms with Gasteiger partial charge in [0.15, 0.2) is 5.69 Å². The quantitative estimate of drug-likeness (QED) is 0.854. The van der Waals surface area contributed by atoms with Gasteiger partial charge in [0, 0.05) is 25.2 Å². The third-order valence-corrected chi connectivity index (χ3v) is 3.12. The van der Waals surface area contributed by atoms with Gasteiger partial charge in [-0.15, -0.1) is 0 Å². The van der Waals surface area contributed by atoms with Crippen molar-refractivity contribution in [2.75, 3.05) is 19.6 Å². The lowest BCUT2D eigenvalue weighted by Gasteiger charge is -2.23. The van der Waals surface area contributed by atoms with Gasteiger partial charge in [0.25, 0.3) is 5.91 Å². The standard InChI is InChI=1S/C12H19N3O2/c1-3-15(8-10-5-4-6-13-10)12(16)11-7-9(2)17-14-11/h7,10,13H,3-6,8H2,1-2H3. The molecule has 1 atom stereocenters. The molecule has 1 saturated heterocycles. The maximum absolute atomic E-state index is 12.2. The summed E-state index contributed by atoms with van der Waals surface area (Å²) in [5.41, 5.74) is 0.405. The molecule has 1 N–H and O–H groups in total. The van der Waals surface area contributed by atoms with Crippen LogP contribution in [0.4, 0.5) is 0 Å². The second kappa shape index (κ2) is 5.31. The molecule has 0 aromatic carbocycles. The maximum atomic E-state index is 12.2. The molecule has 1 fully saturated rings. The highest BCUT2D eigenvalue weighted by molar-refractivity contribution is 5.92. The number of nitrogens with zero attached hydrogens (tertiary/aromatic N) is 2. The minimum atomic E-state index is -0.0435. The molecule has 1 aromatic rings. The Morgan fingerprint density at radius 1 is 1.71 bits per heavy atom. The van der Waals surface area contributed by atoms with Crippen LogP contribution in [0.3, 0.4) is 0 Å². The van der Waals surface area contributed by atoms with E-state index in [0.29, 0.717) is 24.0 Å². The predicted octanol–water partition coefficient (Wildman–Crippen LogP) is 1.20. The van der Waals surface area contributed by atoms with Crippen molar-refractivity contribution < 1.29 is 9.32 Å². The number of hydrogen-bond acceptors (Lipinski definition) is 4. The molecule has 0 radical (unpaired) electrons. The van der Waals surface area contributed by atoms with Crippen LogP contribution in [0.2, 0.25) is 0 Å². The molecule has 2 heterocycles. The number of aromatic nitrogens is 1. The third-order valence-electron chi connectivity index (χ3n) is 3.12. The van der Waals surface area contributed by atoms with Gasteiger partial charge in [-0.2, -0.15) is 0 Å². The topological polar surface area (TPSA) is 58.4 Å². The van der Waals surface area contributed by atoms with Crippen LogP contribution in [0, 0.1) is 6.92 Å². The van der Waals surface area contributed by atoms with E-state index >= 15 is 0 Å². The van der Waals surface area contributed by atoms with E-state index in [1.165, 1.54) is 6.42 Å². The van der Waals surface area contributed by atoms with Gasteiger partial charge in [-0.1, -0.05) is 5.16 Å². The first-order valence-electron chi connectivity index (χ1n) is 6.16. The molecule has 0 aliphatic carbocycles. The number of aryl methyl sites for hydroxylation is 1. The molecule has 5 heteroatoms. The van der Waals surface area contributed by atoms with Crippen LogP contribution in [0.25, 0.3) is 0 Å². The first kappa shape index (κ1) is 12.1. The maximum Gasteiger partial charge on any atom is 0.276 e. The van der Waals surface area contributed by atoms with Crippen LogP contribution in [0.5, 0.6) is 0 Å². The molecule has 2 rings (SSSR count). The second-order valence-corrected chi connectivity index (χ2v) is 4.46. The Balaban J connectivity index is 1.99. The van der Waals surface area contributed by atoms with E-state index in [4.69, 9.17) is 4.52 Å². The number of rotatable bonds is 4. The summed E-state index contributed by atoms with van der Waals surface area (Å²) in [7, 11) is 0. The summed E-state index contributed by atoms with van der Waals surface area (Å²) in [6.45, 7) is 6.28. The van der Waals surface area contributed by atoms with Gasteiger partial charge in [-0.25, -0.2) is 0 Å². The molecule has 1 aromatic heterocycles. The molecule has 1 aliphatic heterocycles. The van der Waals surface area contributed by atoms with Gasteiger partial charge in [0.05, 0.1) is 0 Å². The van der Waals surface area contributed by atoms with E-state index < -0.39 is 0 Å². The number of nitrogens with one attached hydrogen (secondary N) is 1. The molecule has 0 bridgehead atoms. The van der Waals surface area contributed by atoms with Crippen LogP contribution in [-0.4, -0.2) is 41.6 Å². The van der Waals surface area contributed by atoms with Crippen molar-refractivity contribution in [1.29, 1.82) is 0 Å². The Labute approximate surface area is 101 Å². The van der Waals surface area contributed by atoms with E-state index in [0.717, 1.165) is 19.5 Å². The van der Waals surface area contributed by atoms with Crippen LogP contribution in [-0.2, 0) is 0 Å². The second-order valence-electron chi connectivity index (χ2n) is 4.46. The lowest BCUT2D eigenvalue weighted by molar-refractivity contribution is 0.0741. The molecule has 17 heavy (non-hydrogen) atoms. The van der Waals surface area contributed by atoms with Gasteiger partial charge < -0.3 is 14.7 Å². The number of likely N-dealkylation sites (N-methyl/N-ethyl adjacent to an activating group) is 1. The van der Waals surface area contributed by atoms with Crippen molar-refractivity contribution in [3.8, 4) is 0 Å². The van der Waals surface area contributed by atoms with Crippen molar-refractivity contribution in [1.82, 2.24) is 15.4 Å². The average molecular weight is 237 g/mol. The number of hydrogen-bond donors (Lipinski definition) is 1. The van der Waals surface area contributed by atoms with E-state index in [1.807, 2.05) is 11.8 Å². The number of carbonyl (C=O) groups excluding carboxylic acids is 1. The van der Waals surface area contributed by atoms with Crippen LogP contribution < -0.4 is 5.32 Å². The molecule has 1 aliphatic rings. The Morgan fingerprint density at radius 3 is 3.06 bits per heavy atom. The van der Waals surface area contributed by atoms with Gasteiger partial charge in [-0.3, -0.25) is 4.79 Å². The van der Waals surface area contributed by atoms with Gasteiger partial charge in [0.2, 0.25) is 0 Å². The van der Waals surface area contributed by atoms with Gasteiger partial charge in [0.1, 0.15) is 5.76 Å². The fourth-order valence-corrected chi connectivity index (χ4v) is 2.16. The zero-order valence-corrected chi connectivity index (χ0v) is 10.4.